The van der Waals surface area contributed by atoms with E-state index in [0.29, 0.717) is 11.1 Å². The number of fused-ring (bicyclic) bond motifs is 1. The van der Waals surface area contributed by atoms with Gasteiger partial charge >= 0.3 is 5.97 Å². The molecular formula is C21H15NO2. The molecule has 2 N–H and O–H groups in total. The molecule has 116 valence electrons. The summed E-state index contributed by atoms with van der Waals surface area (Å²) in [6, 6.07) is 25.7. The van der Waals surface area contributed by atoms with Crippen molar-refractivity contribution in [3.05, 3.63) is 84.4 Å². The van der Waals surface area contributed by atoms with E-state index in [2.05, 4.69) is 29.2 Å². The van der Waals surface area contributed by atoms with Crippen molar-refractivity contribution < 1.29 is 9.90 Å². The van der Waals surface area contributed by atoms with Crippen molar-refractivity contribution in [1.82, 2.24) is 4.98 Å². The zero-order valence-corrected chi connectivity index (χ0v) is 12.9. The maximum Gasteiger partial charge on any atom is 0.337 e. The Morgan fingerprint density at radius 1 is 0.750 bits per heavy atom. The van der Waals surface area contributed by atoms with Gasteiger partial charge in [-0.3, -0.25) is 0 Å². The van der Waals surface area contributed by atoms with Gasteiger partial charge in [0.05, 0.1) is 11.1 Å². The van der Waals surface area contributed by atoms with Gasteiger partial charge in [0, 0.05) is 11.1 Å². The van der Waals surface area contributed by atoms with Crippen LogP contribution in [-0.4, -0.2) is 16.1 Å². The molecule has 0 atom stereocenters. The highest BCUT2D eigenvalue weighted by atomic mass is 16.4. The van der Waals surface area contributed by atoms with Crippen molar-refractivity contribution >= 4 is 16.9 Å². The lowest BCUT2D eigenvalue weighted by Gasteiger charge is -2.03. The Labute approximate surface area is 139 Å². The van der Waals surface area contributed by atoms with Crippen LogP contribution >= 0.6 is 0 Å². The molecule has 0 bridgehead atoms. The number of aromatic nitrogens is 1. The molecule has 0 fully saturated rings. The van der Waals surface area contributed by atoms with Crippen LogP contribution in [0.4, 0.5) is 0 Å². The number of carbonyl (C=O) groups is 1. The van der Waals surface area contributed by atoms with E-state index in [9.17, 15) is 9.90 Å². The molecule has 0 spiro atoms. The van der Waals surface area contributed by atoms with Crippen molar-refractivity contribution in [1.29, 1.82) is 0 Å². The molecule has 0 saturated carbocycles. The maximum absolute atomic E-state index is 11.3. The lowest BCUT2D eigenvalue weighted by Crippen LogP contribution is -1.96. The van der Waals surface area contributed by atoms with E-state index in [0.717, 1.165) is 22.2 Å². The first-order valence-electron chi connectivity index (χ1n) is 7.73. The first-order chi connectivity index (χ1) is 11.7. The number of para-hydroxylation sites is 1. The van der Waals surface area contributed by atoms with Crippen molar-refractivity contribution in [3.8, 4) is 22.4 Å². The summed E-state index contributed by atoms with van der Waals surface area (Å²) >= 11 is 0. The van der Waals surface area contributed by atoms with Crippen LogP contribution in [0.5, 0.6) is 0 Å². The average molecular weight is 313 g/mol. The van der Waals surface area contributed by atoms with Crippen molar-refractivity contribution in [3.63, 3.8) is 0 Å². The Hall–Kier alpha value is -3.33. The minimum atomic E-state index is -0.923. The van der Waals surface area contributed by atoms with Crippen LogP contribution in [0.3, 0.4) is 0 Å². The second-order valence-electron chi connectivity index (χ2n) is 5.70. The number of hydrogen-bond acceptors (Lipinski definition) is 1. The van der Waals surface area contributed by atoms with E-state index in [1.165, 1.54) is 5.56 Å². The molecule has 4 aromatic rings. The van der Waals surface area contributed by atoms with Gasteiger partial charge in [0.15, 0.2) is 0 Å². The van der Waals surface area contributed by atoms with Crippen LogP contribution in [-0.2, 0) is 0 Å². The number of rotatable bonds is 3. The number of nitrogens with one attached hydrogen (secondary N) is 1. The highest BCUT2D eigenvalue weighted by Crippen LogP contribution is 2.28. The lowest BCUT2D eigenvalue weighted by molar-refractivity contribution is 0.0699. The molecule has 3 heteroatoms. The van der Waals surface area contributed by atoms with E-state index in [1.807, 2.05) is 42.5 Å². The van der Waals surface area contributed by atoms with Crippen LogP contribution in [0.2, 0.25) is 0 Å². The lowest BCUT2D eigenvalue weighted by atomic mass is 10.0. The fraction of sp³-hybridized carbons (Fsp3) is 0. The van der Waals surface area contributed by atoms with E-state index in [-0.39, 0.29) is 0 Å². The van der Waals surface area contributed by atoms with Crippen molar-refractivity contribution in [2.45, 2.75) is 0 Å². The SMILES string of the molecule is O=C(O)c1cccc2cc(-c3ccc(-c4ccccc4)cc3)[nH]c12. The van der Waals surface area contributed by atoms with E-state index >= 15 is 0 Å². The van der Waals surface area contributed by atoms with Gasteiger partial charge in [-0.15, -0.1) is 0 Å². The number of aromatic carboxylic acids is 1. The van der Waals surface area contributed by atoms with Crippen LogP contribution < -0.4 is 0 Å². The number of carboxylic acids is 1. The summed E-state index contributed by atoms with van der Waals surface area (Å²) in [6.45, 7) is 0. The molecule has 3 nitrogen and oxygen atoms in total. The number of aromatic amines is 1. The summed E-state index contributed by atoms with van der Waals surface area (Å²) in [7, 11) is 0. The summed E-state index contributed by atoms with van der Waals surface area (Å²) in [5.41, 5.74) is 5.22. The predicted octanol–water partition coefficient (Wildman–Crippen LogP) is 5.20. The molecule has 0 aliphatic heterocycles. The predicted molar refractivity (Wildman–Crippen MR) is 96.1 cm³/mol. The van der Waals surface area contributed by atoms with Crippen LogP contribution in [0.15, 0.2) is 78.9 Å². The molecule has 0 saturated heterocycles. The molecule has 4 rings (SSSR count). The zero-order valence-electron chi connectivity index (χ0n) is 12.9. The molecule has 0 amide bonds. The summed E-state index contributed by atoms with van der Waals surface area (Å²) in [4.78, 5) is 14.6. The van der Waals surface area contributed by atoms with Gasteiger partial charge in [-0.1, -0.05) is 66.7 Å². The third-order valence-corrected chi connectivity index (χ3v) is 4.19. The molecule has 1 aromatic heterocycles. The Morgan fingerprint density at radius 2 is 1.42 bits per heavy atom. The highest BCUT2D eigenvalue weighted by molar-refractivity contribution is 6.03. The number of benzene rings is 3. The van der Waals surface area contributed by atoms with E-state index < -0.39 is 5.97 Å². The van der Waals surface area contributed by atoms with Crippen LogP contribution in [0.1, 0.15) is 10.4 Å². The molecule has 0 unspecified atom stereocenters. The molecule has 0 radical (unpaired) electrons. The molecule has 3 aromatic carbocycles. The van der Waals surface area contributed by atoms with Crippen LogP contribution in [0, 0.1) is 0 Å². The topological polar surface area (TPSA) is 53.1 Å². The van der Waals surface area contributed by atoms with Crippen molar-refractivity contribution in [2.75, 3.05) is 0 Å². The molecule has 0 aliphatic rings. The fourth-order valence-electron chi connectivity index (χ4n) is 2.96. The van der Waals surface area contributed by atoms with Gasteiger partial charge in [0.2, 0.25) is 0 Å². The average Bonchev–Trinajstić information content (AvgIpc) is 3.06. The second-order valence-corrected chi connectivity index (χ2v) is 5.70. The van der Waals surface area contributed by atoms with Gasteiger partial charge < -0.3 is 10.1 Å². The summed E-state index contributed by atoms with van der Waals surface area (Å²) in [6.07, 6.45) is 0. The Balaban J connectivity index is 1.75. The monoisotopic (exact) mass is 313 g/mol. The number of carboxylic acid groups (broad SMARTS) is 1. The normalized spacial score (nSPS) is 10.8. The Bertz CT molecular complexity index is 1010. The first-order valence-corrected chi connectivity index (χ1v) is 7.73. The molecular weight excluding hydrogens is 298 g/mol. The Morgan fingerprint density at radius 3 is 2.12 bits per heavy atom. The zero-order chi connectivity index (χ0) is 16.5. The largest absolute Gasteiger partial charge is 0.478 e. The molecule has 24 heavy (non-hydrogen) atoms. The standard InChI is InChI=1S/C21H15NO2/c23-21(24)18-8-4-7-17-13-19(22-20(17)18)16-11-9-15(10-12-16)14-5-2-1-3-6-14/h1-13,22H,(H,23,24). The third-order valence-electron chi connectivity index (χ3n) is 4.19. The van der Waals surface area contributed by atoms with Gasteiger partial charge in [-0.25, -0.2) is 4.79 Å². The van der Waals surface area contributed by atoms with Crippen molar-refractivity contribution in [2.24, 2.45) is 0 Å². The minimum Gasteiger partial charge on any atom is -0.478 e. The third kappa shape index (κ3) is 2.46. The van der Waals surface area contributed by atoms with E-state index in [1.54, 1.807) is 12.1 Å². The first kappa shape index (κ1) is 14.3. The Kier molecular flexibility index (Phi) is 3.39. The van der Waals surface area contributed by atoms with Gasteiger partial charge in [-0.2, -0.15) is 0 Å². The fourth-order valence-corrected chi connectivity index (χ4v) is 2.96. The van der Waals surface area contributed by atoms with Gasteiger partial charge in [0.25, 0.3) is 0 Å². The van der Waals surface area contributed by atoms with Crippen LogP contribution in [0.25, 0.3) is 33.3 Å². The molecule has 1 heterocycles. The summed E-state index contributed by atoms with van der Waals surface area (Å²) in [5, 5.41) is 10.2. The highest BCUT2D eigenvalue weighted by Gasteiger charge is 2.11. The number of hydrogen-bond donors (Lipinski definition) is 2. The van der Waals surface area contributed by atoms with Gasteiger partial charge in [0.1, 0.15) is 0 Å². The summed E-state index contributed by atoms with van der Waals surface area (Å²) < 4.78 is 0. The minimum absolute atomic E-state index is 0.291. The quantitative estimate of drug-likeness (QED) is 0.546. The number of H-pyrrole nitrogens is 1. The van der Waals surface area contributed by atoms with E-state index in [4.69, 9.17) is 0 Å². The summed E-state index contributed by atoms with van der Waals surface area (Å²) in [5.74, 6) is -0.923. The van der Waals surface area contributed by atoms with Gasteiger partial charge in [-0.05, 0) is 28.8 Å². The maximum atomic E-state index is 11.3. The smallest absolute Gasteiger partial charge is 0.337 e. The second kappa shape index (κ2) is 5.70. The molecule has 0 aliphatic carbocycles.